The van der Waals surface area contributed by atoms with Gasteiger partial charge in [-0.2, -0.15) is 4.98 Å². The monoisotopic (exact) mass is 336 g/mol. The van der Waals surface area contributed by atoms with Crippen LogP contribution in [0.2, 0.25) is 0 Å². The second kappa shape index (κ2) is 6.56. The Morgan fingerprint density at radius 2 is 2.20 bits per heavy atom. The minimum atomic E-state index is 0.529. The van der Waals surface area contributed by atoms with Gasteiger partial charge in [0.25, 0.3) is 0 Å². The van der Waals surface area contributed by atoms with Crippen molar-refractivity contribution in [3.05, 3.63) is 40.5 Å². The van der Waals surface area contributed by atoms with Gasteiger partial charge in [-0.3, -0.25) is 0 Å². The molecule has 2 rings (SSSR count). The first kappa shape index (κ1) is 14.6. The Morgan fingerprint density at radius 1 is 1.40 bits per heavy atom. The minimum absolute atomic E-state index is 0.529. The molecule has 1 aromatic heterocycles. The highest BCUT2D eigenvalue weighted by Gasteiger charge is 2.12. The van der Waals surface area contributed by atoms with E-state index in [9.17, 15) is 0 Å². The van der Waals surface area contributed by atoms with Gasteiger partial charge < -0.3 is 15.4 Å². The number of rotatable bonds is 5. The van der Waals surface area contributed by atoms with Crippen LogP contribution in [0.4, 0.5) is 11.6 Å². The van der Waals surface area contributed by atoms with E-state index in [4.69, 9.17) is 10.5 Å². The molecule has 1 aromatic carbocycles. The van der Waals surface area contributed by atoms with Crippen LogP contribution in [0, 0.1) is 0 Å². The third-order valence-electron chi connectivity index (χ3n) is 2.88. The molecule has 0 aliphatic carbocycles. The van der Waals surface area contributed by atoms with Crippen molar-refractivity contribution >= 4 is 27.6 Å². The van der Waals surface area contributed by atoms with E-state index < -0.39 is 0 Å². The molecule has 20 heavy (non-hydrogen) atoms. The lowest BCUT2D eigenvalue weighted by molar-refractivity contribution is 0.393. The maximum Gasteiger partial charge on any atom is 0.232 e. The first-order valence-corrected chi connectivity index (χ1v) is 7.09. The third-order valence-corrected chi connectivity index (χ3v) is 3.43. The molecule has 0 bridgehead atoms. The number of benzene rings is 1. The van der Waals surface area contributed by atoms with Gasteiger partial charge in [0, 0.05) is 18.8 Å². The van der Waals surface area contributed by atoms with E-state index in [-0.39, 0.29) is 0 Å². The molecule has 0 saturated carbocycles. The lowest BCUT2D eigenvalue weighted by Gasteiger charge is -2.21. The molecule has 2 N–H and O–H groups in total. The zero-order valence-electron chi connectivity index (χ0n) is 11.5. The van der Waals surface area contributed by atoms with Crippen LogP contribution in [-0.2, 0) is 6.54 Å². The SMILES string of the molecule is CCN(Cc1cccc(N)c1)c1ncc(Br)c(OC)n1. The fourth-order valence-electron chi connectivity index (χ4n) is 1.87. The quantitative estimate of drug-likeness (QED) is 0.850. The smallest absolute Gasteiger partial charge is 0.232 e. The molecule has 0 amide bonds. The van der Waals surface area contributed by atoms with Gasteiger partial charge in [0.05, 0.1) is 17.8 Å². The van der Waals surface area contributed by atoms with Gasteiger partial charge in [0.15, 0.2) is 0 Å². The van der Waals surface area contributed by atoms with Crippen LogP contribution >= 0.6 is 15.9 Å². The van der Waals surface area contributed by atoms with Crippen LogP contribution in [-0.4, -0.2) is 23.6 Å². The normalized spacial score (nSPS) is 10.3. The van der Waals surface area contributed by atoms with Crippen molar-refractivity contribution in [2.45, 2.75) is 13.5 Å². The van der Waals surface area contributed by atoms with E-state index in [1.54, 1.807) is 13.3 Å². The molecule has 0 radical (unpaired) electrons. The summed E-state index contributed by atoms with van der Waals surface area (Å²) < 4.78 is 5.94. The third kappa shape index (κ3) is 3.39. The van der Waals surface area contributed by atoms with E-state index in [0.717, 1.165) is 22.3 Å². The number of ether oxygens (including phenoxy) is 1. The Balaban J connectivity index is 2.24. The maximum atomic E-state index is 5.80. The van der Waals surface area contributed by atoms with Crippen LogP contribution in [0.3, 0.4) is 0 Å². The van der Waals surface area contributed by atoms with Gasteiger partial charge >= 0.3 is 0 Å². The van der Waals surface area contributed by atoms with Crippen LogP contribution in [0.15, 0.2) is 34.9 Å². The molecule has 0 atom stereocenters. The van der Waals surface area contributed by atoms with Gasteiger partial charge in [0.1, 0.15) is 0 Å². The second-order valence-corrected chi connectivity index (χ2v) is 5.14. The largest absolute Gasteiger partial charge is 0.480 e. The number of nitrogen functional groups attached to an aromatic ring is 1. The predicted octanol–water partition coefficient (Wildman–Crippen LogP) is 2.86. The Kier molecular flexibility index (Phi) is 4.79. The molecule has 0 aliphatic heterocycles. The van der Waals surface area contributed by atoms with Gasteiger partial charge in [-0.05, 0) is 40.5 Å². The van der Waals surface area contributed by atoms with Gasteiger partial charge in [-0.15, -0.1) is 0 Å². The number of hydrogen-bond donors (Lipinski definition) is 1. The highest BCUT2D eigenvalue weighted by atomic mass is 79.9. The van der Waals surface area contributed by atoms with Crippen molar-refractivity contribution in [3.8, 4) is 5.88 Å². The van der Waals surface area contributed by atoms with Crippen LogP contribution in [0.1, 0.15) is 12.5 Å². The number of aromatic nitrogens is 2. The summed E-state index contributed by atoms with van der Waals surface area (Å²) in [7, 11) is 1.59. The van der Waals surface area contributed by atoms with Crippen molar-refractivity contribution in [3.63, 3.8) is 0 Å². The predicted molar refractivity (Wildman–Crippen MR) is 83.9 cm³/mol. The molecule has 1 heterocycles. The molecule has 0 aliphatic rings. The Bertz CT molecular complexity index is 591. The Labute approximate surface area is 126 Å². The standard InChI is InChI=1S/C14H17BrN4O/c1-3-19(9-10-5-4-6-11(16)7-10)14-17-8-12(15)13(18-14)20-2/h4-8H,3,9,16H2,1-2H3. The molecule has 5 nitrogen and oxygen atoms in total. The fraction of sp³-hybridized carbons (Fsp3) is 0.286. The molecule has 106 valence electrons. The summed E-state index contributed by atoms with van der Waals surface area (Å²) in [5.41, 5.74) is 7.68. The summed E-state index contributed by atoms with van der Waals surface area (Å²) in [5, 5.41) is 0. The van der Waals surface area contributed by atoms with E-state index in [2.05, 4.69) is 37.7 Å². The Morgan fingerprint density at radius 3 is 2.85 bits per heavy atom. The average Bonchev–Trinajstić information content (AvgIpc) is 2.45. The maximum absolute atomic E-state index is 5.80. The van der Waals surface area contributed by atoms with E-state index in [1.807, 2.05) is 24.3 Å². The number of methoxy groups -OCH3 is 1. The van der Waals surface area contributed by atoms with Gasteiger partial charge in [0.2, 0.25) is 11.8 Å². The average molecular weight is 337 g/mol. The number of anilines is 2. The molecule has 0 saturated heterocycles. The van der Waals surface area contributed by atoms with Crippen molar-refractivity contribution in [2.24, 2.45) is 0 Å². The zero-order chi connectivity index (χ0) is 14.5. The highest BCUT2D eigenvalue weighted by molar-refractivity contribution is 9.10. The van der Waals surface area contributed by atoms with Crippen molar-refractivity contribution < 1.29 is 4.74 Å². The number of nitrogens with two attached hydrogens (primary N) is 1. The van der Waals surface area contributed by atoms with Gasteiger partial charge in [-0.25, -0.2) is 4.98 Å². The van der Waals surface area contributed by atoms with Crippen molar-refractivity contribution in [1.82, 2.24) is 9.97 Å². The van der Waals surface area contributed by atoms with Crippen molar-refractivity contribution in [1.29, 1.82) is 0 Å². The molecule has 6 heteroatoms. The fourth-order valence-corrected chi connectivity index (χ4v) is 2.23. The number of nitrogens with zero attached hydrogens (tertiary/aromatic N) is 3. The lowest BCUT2D eigenvalue weighted by Crippen LogP contribution is -2.24. The van der Waals surface area contributed by atoms with Crippen molar-refractivity contribution in [2.75, 3.05) is 24.3 Å². The molecule has 0 unspecified atom stereocenters. The summed E-state index contributed by atoms with van der Waals surface area (Å²) in [5.74, 6) is 1.16. The molecular formula is C14H17BrN4O. The molecular weight excluding hydrogens is 320 g/mol. The summed E-state index contributed by atoms with van der Waals surface area (Å²) in [6.07, 6.45) is 1.70. The summed E-state index contributed by atoms with van der Waals surface area (Å²) >= 11 is 3.35. The number of hydrogen-bond acceptors (Lipinski definition) is 5. The summed E-state index contributed by atoms with van der Waals surface area (Å²) in [4.78, 5) is 10.8. The zero-order valence-corrected chi connectivity index (χ0v) is 13.1. The van der Waals surface area contributed by atoms with E-state index >= 15 is 0 Å². The lowest BCUT2D eigenvalue weighted by atomic mass is 10.2. The van der Waals surface area contributed by atoms with Crippen LogP contribution < -0.4 is 15.4 Å². The Hall–Kier alpha value is -1.82. The summed E-state index contributed by atoms with van der Waals surface area (Å²) in [6.45, 7) is 3.55. The van der Waals surface area contributed by atoms with E-state index in [0.29, 0.717) is 18.4 Å². The van der Waals surface area contributed by atoms with E-state index in [1.165, 1.54) is 0 Å². The highest BCUT2D eigenvalue weighted by Crippen LogP contribution is 2.24. The topological polar surface area (TPSA) is 64.3 Å². The molecule has 2 aromatic rings. The second-order valence-electron chi connectivity index (χ2n) is 4.29. The first-order chi connectivity index (χ1) is 9.63. The molecule has 0 fully saturated rings. The van der Waals surface area contributed by atoms with Crippen LogP contribution in [0.25, 0.3) is 0 Å². The summed E-state index contributed by atoms with van der Waals surface area (Å²) in [6, 6.07) is 7.81. The minimum Gasteiger partial charge on any atom is -0.480 e. The number of halogens is 1. The first-order valence-electron chi connectivity index (χ1n) is 6.30. The van der Waals surface area contributed by atoms with Crippen LogP contribution in [0.5, 0.6) is 5.88 Å². The van der Waals surface area contributed by atoms with Gasteiger partial charge in [-0.1, -0.05) is 12.1 Å². The molecule has 0 spiro atoms.